The predicted octanol–water partition coefficient (Wildman–Crippen LogP) is 3.10. The molecular weight excluding hydrogens is 329 g/mol. The third kappa shape index (κ3) is 3.78. The first-order chi connectivity index (χ1) is 12.7. The Kier molecular flexibility index (Phi) is 4.98. The highest BCUT2D eigenvalue weighted by molar-refractivity contribution is 5.93. The van der Waals surface area contributed by atoms with E-state index in [2.05, 4.69) is 33.4 Å². The summed E-state index contributed by atoms with van der Waals surface area (Å²) in [5.74, 6) is -0.804. The maximum absolute atomic E-state index is 13.2. The van der Waals surface area contributed by atoms with Crippen LogP contribution < -0.4 is 5.32 Å². The Hall–Kier alpha value is -2.27. The molecule has 26 heavy (non-hydrogen) atoms. The SMILES string of the molecule is O=C(NCc1ccc2c(c1)CCN(C1CCC1)CC2)c1cncc(F)c1. The molecule has 2 aliphatic rings. The van der Waals surface area contributed by atoms with E-state index in [1.807, 2.05) is 0 Å². The van der Waals surface area contributed by atoms with E-state index < -0.39 is 5.82 Å². The number of hydrogen-bond acceptors (Lipinski definition) is 3. The number of fused-ring (bicyclic) bond motifs is 1. The summed E-state index contributed by atoms with van der Waals surface area (Å²) in [5.41, 5.74) is 4.15. The minimum absolute atomic E-state index is 0.246. The fourth-order valence-electron chi connectivity index (χ4n) is 3.84. The van der Waals surface area contributed by atoms with Gasteiger partial charge in [0.2, 0.25) is 0 Å². The van der Waals surface area contributed by atoms with Crippen LogP contribution in [0.4, 0.5) is 4.39 Å². The van der Waals surface area contributed by atoms with Gasteiger partial charge in [-0.2, -0.15) is 0 Å². The van der Waals surface area contributed by atoms with Crippen molar-refractivity contribution in [3.63, 3.8) is 0 Å². The first kappa shape index (κ1) is 17.2. The Balaban J connectivity index is 1.38. The number of aromatic nitrogens is 1. The number of carbonyl (C=O) groups excluding carboxylic acids is 1. The van der Waals surface area contributed by atoms with E-state index in [0.717, 1.165) is 43.7 Å². The molecule has 0 unspecified atom stereocenters. The lowest BCUT2D eigenvalue weighted by Gasteiger charge is -2.36. The predicted molar refractivity (Wildman–Crippen MR) is 98.4 cm³/mol. The van der Waals surface area contributed by atoms with Crippen molar-refractivity contribution in [2.45, 2.75) is 44.7 Å². The monoisotopic (exact) mass is 353 g/mol. The molecule has 4 nitrogen and oxygen atoms in total. The van der Waals surface area contributed by atoms with Crippen molar-refractivity contribution in [1.82, 2.24) is 15.2 Å². The zero-order chi connectivity index (χ0) is 17.9. The van der Waals surface area contributed by atoms with Crippen molar-refractivity contribution in [3.05, 3.63) is 64.7 Å². The molecule has 0 spiro atoms. The van der Waals surface area contributed by atoms with Gasteiger partial charge in [-0.15, -0.1) is 0 Å². The second-order valence-corrected chi connectivity index (χ2v) is 7.30. The van der Waals surface area contributed by atoms with Crippen LogP contribution in [-0.2, 0) is 19.4 Å². The van der Waals surface area contributed by atoms with Crippen LogP contribution in [0.1, 0.15) is 46.3 Å². The van der Waals surface area contributed by atoms with Crippen molar-refractivity contribution >= 4 is 5.91 Å². The van der Waals surface area contributed by atoms with Crippen LogP contribution >= 0.6 is 0 Å². The third-order valence-corrected chi connectivity index (χ3v) is 5.62. The summed E-state index contributed by atoms with van der Waals surface area (Å²) in [4.78, 5) is 18.5. The van der Waals surface area contributed by atoms with Crippen molar-refractivity contribution in [3.8, 4) is 0 Å². The summed E-state index contributed by atoms with van der Waals surface area (Å²) in [7, 11) is 0. The van der Waals surface area contributed by atoms with Crippen molar-refractivity contribution < 1.29 is 9.18 Å². The Morgan fingerprint density at radius 1 is 1.15 bits per heavy atom. The molecule has 1 fully saturated rings. The molecule has 1 aliphatic carbocycles. The average molecular weight is 353 g/mol. The van der Waals surface area contributed by atoms with Crippen LogP contribution in [0.3, 0.4) is 0 Å². The van der Waals surface area contributed by atoms with Gasteiger partial charge in [0.25, 0.3) is 5.91 Å². The number of benzene rings is 1. The molecule has 1 aromatic heterocycles. The van der Waals surface area contributed by atoms with E-state index in [4.69, 9.17) is 0 Å². The van der Waals surface area contributed by atoms with E-state index in [1.165, 1.54) is 42.7 Å². The number of carbonyl (C=O) groups is 1. The molecular formula is C21H24FN3O. The van der Waals surface area contributed by atoms with Gasteiger partial charge in [0.15, 0.2) is 0 Å². The summed E-state index contributed by atoms with van der Waals surface area (Å²) in [6.07, 6.45) is 8.72. The van der Waals surface area contributed by atoms with Crippen LogP contribution in [0.25, 0.3) is 0 Å². The van der Waals surface area contributed by atoms with Gasteiger partial charge in [0.05, 0.1) is 11.8 Å². The van der Waals surface area contributed by atoms with Crippen LogP contribution in [0.15, 0.2) is 36.7 Å². The molecule has 0 radical (unpaired) electrons. The van der Waals surface area contributed by atoms with Gasteiger partial charge in [-0.25, -0.2) is 4.39 Å². The Labute approximate surface area is 153 Å². The van der Waals surface area contributed by atoms with Gasteiger partial charge < -0.3 is 5.32 Å². The summed E-state index contributed by atoms with van der Waals surface area (Å²) in [6, 6.07) is 8.49. The molecule has 0 bridgehead atoms. The first-order valence-electron chi connectivity index (χ1n) is 9.42. The summed E-state index contributed by atoms with van der Waals surface area (Å²) in [6.45, 7) is 2.72. The minimum Gasteiger partial charge on any atom is -0.348 e. The van der Waals surface area contributed by atoms with Crippen LogP contribution in [-0.4, -0.2) is 34.9 Å². The highest BCUT2D eigenvalue weighted by Crippen LogP contribution is 2.27. The van der Waals surface area contributed by atoms with E-state index >= 15 is 0 Å². The van der Waals surface area contributed by atoms with Gasteiger partial charge in [-0.1, -0.05) is 24.6 Å². The third-order valence-electron chi connectivity index (χ3n) is 5.62. The van der Waals surface area contributed by atoms with Gasteiger partial charge >= 0.3 is 0 Å². The Morgan fingerprint density at radius 3 is 2.69 bits per heavy atom. The highest BCUT2D eigenvalue weighted by atomic mass is 19.1. The Morgan fingerprint density at radius 2 is 1.96 bits per heavy atom. The fourth-order valence-corrected chi connectivity index (χ4v) is 3.84. The molecule has 1 aromatic carbocycles. The fraction of sp³-hybridized carbons (Fsp3) is 0.429. The largest absolute Gasteiger partial charge is 0.348 e. The molecule has 0 saturated heterocycles. The molecule has 4 rings (SSSR count). The molecule has 1 aliphatic heterocycles. The molecule has 1 N–H and O–H groups in total. The van der Waals surface area contributed by atoms with Gasteiger partial charge in [0, 0.05) is 31.9 Å². The quantitative estimate of drug-likeness (QED) is 0.919. The molecule has 5 heteroatoms. The number of nitrogens with zero attached hydrogens (tertiary/aromatic N) is 2. The van der Waals surface area contributed by atoms with Crippen LogP contribution in [0, 0.1) is 5.82 Å². The molecule has 1 saturated carbocycles. The second-order valence-electron chi connectivity index (χ2n) is 7.30. The number of rotatable bonds is 4. The van der Waals surface area contributed by atoms with E-state index in [0.29, 0.717) is 6.54 Å². The number of amides is 1. The van der Waals surface area contributed by atoms with E-state index in [-0.39, 0.29) is 11.5 Å². The van der Waals surface area contributed by atoms with Crippen molar-refractivity contribution in [2.75, 3.05) is 13.1 Å². The van der Waals surface area contributed by atoms with Crippen molar-refractivity contribution in [1.29, 1.82) is 0 Å². The second kappa shape index (κ2) is 7.54. The first-order valence-corrected chi connectivity index (χ1v) is 9.42. The average Bonchev–Trinajstić information content (AvgIpc) is 2.81. The summed E-state index contributed by atoms with van der Waals surface area (Å²) < 4.78 is 13.2. The lowest BCUT2D eigenvalue weighted by Crippen LogP contribution is -2.41. The minimum atomic E-state index is -0.501. The molecule has 136 valence electrons. The number of hydrogen-bond donors (Lipinski definition) is 1. The smallest absolute Gasteiger partial charge is 0.253 e. The summed E-state index contributed by atoms with van der Waals surface area (Å²) >= 11 is 0. The van der Waals surface area contributed by atoms with Gasteiger partial charge in [-0.3, -0.25) is 14.7 Å². The van der Waals surface area contributed by atoms with Crippen molar-refractivity contribution in [2.24, 2.45) is 0 Å². The number of halogens is 1. The lowest BCUT2D eigenvalue weighted by atomic mass is 9.91. The molecule has 2 aromatic rings. The highest BCUT2D eigenvalue weighted by Gasteiger charge is 2.26. The topological polar surface area (TPSA) is 45.2 Å². The normalized spacial score (nSPS) is 17.9. The zero-order valence-corrected chi connectivity index (χ0v) is 14.9. The van der Waals surface area contributed by atoms with E-state index in [1.54, 1.807) is 0 Å². The summed E-state index contributed by atoms with van der Waals surface area (Å²) in [5, 5.41) is 2.85. The van der Waals surface area contributed by atoms with Gasteiger partial charge in [0.1, 0.15) is 5.82 Å². The zero-order valence-electron chi connectivity index (χ0n) is 14.9. The standard InChI is InChI=1S/C21H24FN3O/c22-19-11-18(13-23-14-19)21(26)24-12-15-4-5-16-6-8-25(20-2-1-3-20)9-7-17(16)10-15/h4-5,10-11,13-14,20H,1-3,6-9,12H2,(H,24,26). The van der Waals surface area contributed by atoms with Crippen LogP contribution in [0.5, 0.6) is 0 Å². The number of nitrogens with one attached hydrogen (secondary N) is 1. The molecule has 1 amide bonds. The lowest BCUT2D eigenvalue weighted by molar-refractivity contribution is 0.0950. The van der Waals surface area contributed by atoms with Gasteiger partial charge in [-0.05, 0) is 48.4 Å². The Bertz CT molecular complexity index is 804. The van der Waals surface area contributed by atoms with E-state index in [9.17, 15) is 9.18 Å². The maximum atomic E-state index is 13.2. The molecule has 0 atom stereocenters. The van der Waals surface area contributed by atoms with Crippen LogP contribution in [0.2, 0.25) is 0 Å². The maximum Gasteiger partial charge on any atom is 0.253 e. The molecule has 2 heterocycles. The number of pyridine rings is 1.